The summed E-state index contributed by atoms with van der Waals surface area (Å²) in [5, 5.41) is 0. The van der Waals surface area contributed by atoms with Crippen LogP contribution >= 0.6 is 0 Å². The van der Waals surface area contributed by atoms with Gasteiger partial charge in [-0.1, -0.05) is 0 Å². The molecule has 4 heteroatoms. The van der Waals surface area contributed by atoms with Gasteiger partial charge >= 0.3 is 0 Å². The summed E-state index contributed by atoms with van der Waals surface area (Å²) in [6, 6.07) is 3.35. The largest absolute Gasteiger partial charge is 0.494 e. The molecule has 0 saturated carbocycles. The molecule has 0 bridgehead atoms. The fourth-order valence-corrected chi connectivity index (χ4v) is 1.46. The van der Waals surface area contributed by atoms with Gasteiger partial charge < -0.3 is 14.2 Å². The highest BCUT2D eigenvalue weighted by Gasteiger charge is 2.14. The number of benzene rings is 1. The van der Waals surface area contributed by atoms with Crippen LogP contribution in [0.25, 0.3) is 0 Å². The van der Waals surface area contributed by atoms with E-state index in [0.29, 0.717) is 42.6 Å². The van der Waals surface area contributed by atoms with Gasteiger partial charge in [-0.3, -0.25) is 4.79 Å². The highest BCUT2D eigenvalue weighted by molar-refractivity contribution is 5.84. The van der Waals surface area contributed by atoms with Crippen LogP contribution in [0.4, 0.5) is 0 Å². The van der Waals surface area contributed by atoms with E-state index in [4.69, 9.17) is 14.2 Å². The lowest BCUT2D eigenvalue weighted by Crippen LogP contribution is -2.03. The fraction of sp³-hybridized carbons (Fsp3) is 0.462. The zero-order valence-electron chi connectivity index (χ0n) is 10.4. The Morgan fingerprint density at radius 1 is 0.941 bits per heavy atom. The van der Waals surface area contributed by atoms with Crippen molar-refractivity contribution in [3.8, 4) is 17.2 Å². The molecule has 0 amide bonds. The second-order valence-electron chi connectivity index (χ2n) is 3.20. The molecule has 0 aliphatic rings. The van der Waals surface area contributed by atoms with E-state index >= 15 is 0 Å². The molecule has 0 atom stereocenters. The summed E-state index contributed by atoms with van der Waals surface area (Å²) >= 11 is 0. The Morgan fingerprint density at radius 2 is 1.41 bits per heavy atom. The maximum Gasteiger partial charge on any atom is 0.241 e. The van der Waals surface area contributed by atoms with E-state index in [-0.39, 0.29) is 0 Å². The van der Waals surface area contributed by atoms with Crippen molar-refractivity contribution in [3.63, 3.8) is 0 Å². The molecular formula is C13H17O4. The minimum Gasteiger partial charge on any atom is -0.494 e. The predicted octanol–water partition coefficient (Wildman–Crippen LogP) is 2.34. The molecule has 0 aliphatic carbocycles. The van der Waals surface area contributed by atoms with Crippen molar-refractivity contribution in [1.82, 2.24) is 0 Å². The zero-order valence-corrected chi connectivity index (χ0v) is 10.4. The molecule has 93 valence electrons. The van der Waals surface area contributed by atoms with E-state index in [1.165, 1.54) is 0 Å². The van der Waals surface area contributed by atoms with Gasteiger partial charge in [-0.2, -0.15) is 0 Å². The first-order chi connectivity index (χ1) is 8.26. The predicted molar refractivity (Wildman–Crippen MR) is 64.7 cm³/mol. The number of hydrogen-bond acceptors (Lipinski definition) is 4. The van der Waals surface area contributed by atoms with Crippen molar-refractivity contribution in [3.05, 3.63) is 17.7 Å². The van der Waals surface area contributed by atoms with Crippen LogP contribution in [0.3, 0.4) is 0 Å². The maximum absolute atomic E-state index is 10.9. The molecule has 1 aromatic rings. The summed E-state index contributed by atoms with van der Waals surface area (Å²) < 4.78 is 16.1. The maximum atomic E-state index is 10.9. The molecule has 17 heavy (non-hydrogen) atoms. The van der Waals surface area contributed by atoms with Gasteiger partial charge in [-0.15, -0.1) is 0 Å². The monoisotopic (exact) mass is 237 g/mol. The summed E-state index contributed by atoms with van der Waals surface area (Å²) in [6.07, 6.45) is 1.85. The second-order valence-corrected chi connectivity index (χ2v) is 3.20. The van der Waals surface area contributed by atoms with Crippen LogP contribution in [0.1, 0.15) is 26.3 Å². The van der Waals surface area contributed by atoms with E-state index in [2.05, 4.69) is 0 Å². The van der Waals surface area contributed by atoms with Crippen molar-refractivity contribution < 1.29 is 19.0 Å². The van der Waals surface area contributed by atoms with Crippen LogP contribution in [0, 0.1) is 0 Å². The first-order valence-corrected chi connectivity index (χ1v) is 5.71. The Bertz CT molecular complexity index is 347. The van der Waals surface area contributed by atoms with Crippen LogP contribution in [0.5, 0.6) is 17.2 Å². The lowest BCUT2D eigenvalue weighted by molar-refractivity contribution is 0.306. The molecule has 1 rings (SSSR count). The molecule has 4 nitrogen and oxygen atoms in total. The quantitative estimate of drug-likeness (QED) is 0.730. The van der Waals surface area contributed by atoms with Crippen LogP contribution in [-0.4, -0.2) is 26.1 Å². The molecule has 0 unspecified atom stereocenters. The van der Waals surface area contributed by atoms with Crippen molar-refractivity contribution >= 4 is 6.29 Å². The van der Waals surface area contributed by atoms with Gasteiger partial charge in [0.15, 0.2) is 0 Å². The van der Waals surface area contributed by atoms with Gasteiger partial charge in [0.2, 0.25) is 6.29 Å². The average molecular weight is 237 g/mol. The second kappa shape index (κ2) is 6.78. The molecular weight excluding hydrogens is 220 g/mol. The van der Waals surface area contributed by atoms with Gasteiger partial charge in [-0.25, -0.2) is 0 Å². The van der Waals surface area contributed by atoms with Crippen molar-refractivity contribution in [2.24, 2.45) is 0 Å². The van der Waals surface area contributed by atoms with Crippen LogP contribution in [-0.2, 0) is 4.79 Å². The summed E-state index contributed by atoms with van der Waals surface area (Å²) in [5.74, 6) is 1.51. The van der Waals surface area contributed by atoms with Crippen LogP contribution < -0.4 is 14.2 Å². The standard InChI is InChI=1S/C13H17O4/c1-4-15-10-7-12(16-5-2)11(9-14)13(8-10)17-6-3/h7-8H,4-6H2,1-3H3. The first-order valence-electron chi connectivity index (χ1n) is 5.71. The Labute approximate surface area is 101 Å². The van der Waals surface area contributed by atoms with Gasteiger partial charge in [-0.05, 0) is 20.8 Å². The van der Waals surface area contributed by atoms with E-state index in [0.717, 1.165) is 0 Å². The highest BCUT2D eigenvalue weighted by Crippen LogP contribution is 2.33. The summed E-state index contributed by atoms with van der Waals surface area (Å²) in [7, 11) is 0. The molecule has 0 aliphatic heterocycles. The van der Waals surface area contributed by atoms with Crippen LogP contribution in [0.15, 0.2) is 12.1 Å². The Kier molecular flexibility index (Phi) is 5.33. The van der Waals surface area contributed by atoms with Crippen LogP contribution in [0.2, 0.25) is 0 Å². The molecule has 0 saturated heterocycles. The van der Waals surface area contributed by atoms with Crippen molar-refractivity contribution in [2.45, 2.75) is 20.8 Å². The normalized spacial score (nSPS) is 9.82. The number of carbonyl (C=O) groups excluding carboxylic acids is 1. The highest BCUT2D eigenvalue weighted by atomic mass is 16.5. The Balaban J connectivity index is 3.18. The number of ether oxygens (including phenoxy) is 3. The molecule has 0 aromatic heterocycles. The molecule has 0 fully saturated rings. The van der Waals surface area contributed by atoms with Crippen molar-refractivity contribution in [1.29, 1.82) is 0 Å². The molecule has 1 aromatic carbocycles. The summed E-state index contributed by atoms with van der Waals surface area (Å²) in [6.45, 7) is 7.07. The molecule has 0 N–H and O–H groups in total. The van der Waals surface area contributed by atoms with E-state index in [1.54, 1.807) is 12.1 Å². The lowest BCUT2D eigenvalue weighted by atomic mass is 10.2. The summed E-state index contributed by atoms with van der Waals surface area (Å²) in [5.41, 5.74) is 0.303. The smallest absolute Gasteiger partial charge is 0.241 e. The molecule has 0 heterocycles. The number of rotatable bonds is 7. The minimum absolute atomic E-state index is 0.303. The lowest BCUT2D eigenvalue weighted by Gasteiger charge is -2.13. The van der Waals surface area contributed by atoms with Gasteiger partial charge in [0.25, 0.3) is 0 Å². The number of hydrogen-bond donors (Lipinski definition) is 0. The van der Waals surface area contributed by atoms with E-state index in [9.17, 15) is 4.79 Å². The molecule has 0 spiro atoms. The first kappa shape index (κ1) is 13.4. The third-order valence-electron chi connectivity index (χ3n) is 2.05. The Morgan fingerprint density at radius 3 is 1.76 bits per heavy atom. The fourth-order valence-electron chi connectivity index (χ4n) is 1.46. The van der Waals surface area contributed by atoms with Crippen molar-refractivity contribution in [2.75, 3.05) is 19.8 Å². The van der Waals surface area contributed by atoms with Gasteiger partial charge in [0.1, 0.15) is 22.8 Å². The topological polar surface area (TPSA) is 44.8 Å². The third kappa shape index (κ3) is 3.37. The Hall–Kier alpha value is -1.71. The SMILES string of the molecule is CCOc1cc(OCC)c([C]=O)c(OCC)c1. The van der Waals surface area contributed by atoms with Gasteiger partial charge in [0.05, 0.1) is 19.8 Å². The average Bonchev–Trinajstić information content (AvgIpc) is 2.30. The van der Waals surface area contributed by atoms with Gasteiger partial charge in [0, 0.05) is 12.1 Å². The zero-order chi connectivity index (χ0) is 12.7. The van der Waals surface area contributed by atoms with E-state index < -0.39 is 0 Å². The summed E-state index contributed by atoms with van der Waals surface area (Å²) in [4.78, 5) is 10.9. The third-order valence-corrected chi connectivity index (χ3v) is 2.05. The van der Waals surface area contributed by atoms with E-state index in [1.807, 2.05) is 27.1 Å². The minimum atomic E-state index is 0.303. The molecule has 1 radical (unpaired) electrons.